The van der Waals surface area contributed by atoms with Gasteiger partial charge in [-0.1, -0.05) is 6.07 Å². The zero-order valence-electron chi connectivity index (χ0n) is 23.6. The predicted octanol–water partition coefficient (Wildman–Crippen LogP) is 5.07. The molecule has 40 heavy (non-hydrogen) atoms. The monoisotopic (exact) mass is 549 g/mol. The summed E-state index contributed by atoms with van der Waals surface area (Å²) in [6, 6.07) is 9.71. The molecule has 2 aromatic heterocycles. The van der Waals surface area contributed by atoms with Crippen LogP contribution < -0.4 is 10.1 Å². The number of carbonyl (C=O) groups is 2. The SMILES string of the molecule is CC(C)(C)OC(=O)N1CCC(C(CC(=O)O)n2ncc3cc(OCCc4ccc5c(n4)NCCC5)ccc32)CC1. The molecule has 2 aliphatic heterocycles. The first-order valence-electron chi connectivity index (χ1n) is 14.2. The summed E-state index contributed by atoms with van der Waals surface area (Å²) in [5.74, 6) is 0.939. The Morgan fingerprint density at radius 3 is 2.73 bits per heavy atom. The number of hydrogen-bond donors (Lipinski definition) is 2. The second kappa shape index (κ2) is 11.7. The molecule has 10 heteroatoms. The van der Waals surface area contributed by atoms with Crippen molar-refractivity contribution in [3.05, 3.63) is 47.8 Å². The van der Waals surface area contributed by atoms with Gasteiger partial charge in [0.25, 0.3) is 0 Å². The van der Waals surface area contributed by atoms with Gasteiger partial charge in [-0.15, -0.1) is 0 Å². The van der Waals surface area contributed by atoms with Gasteiger partial charge in [0.1, 0.15) is 17.2 Å². The number of amides is 1. The lowest BCUT2D eigenvalue weighted by atomic mass is 9.87. The van der Waals surface area contributed by atoms with Gasteiger partial charge >= 0.3 is 12.1 Å². The number of fused-ring (bicyclic) bond motifs is 2. The molecule has 2 aliphatic rings. The minimum Gasteiger partial charge on any atom is -0.493 e. The van der Waals surface area contributed by atoms with E-state index in [2.05, 4.69) is 22.5 Å². The summed E-state index contributed by atoms with van der Waals surface area (Å²) in [4.78, 5) is 30.8. The Morgan fingerprint density at radius 1 is 1.18 bits per heavy atom. The van der Waals surface area contributed by atoms with Gasteiger partial charge < -0.3 is 24.8 Å². The highest BCUT2D eigenvalue weighted by atomic mass is 16.6. The maximum Gasteiger partial charge on any atom is 0.410 e. The van der Waals surface area contributed by atoms with E-state index in [0.717, 1.165) is 47.6 Å². The fourth-order valence-electron chi connectivity index (χ4n) is 5.59. The molecule has 1 saturated heterocycles. The molecule has 0 spiro atoms. The Morgan fingerprint density at radius 2 is 1.98 bits per heavy atom. The van der Waals surface area contributed by atoms with E-state index < -0.39 is 11.6 Å². The van der Waals surface area contributed by atoms with Crippen LogP contribution in [0.3, 0.4) is 0 Å². The maximum atomic E-state index is 12.5. The number of hydrogen-bond acceptors (Lipinski definition) is 7. The Bertz CT molecular complexity index is 1360. The van der Waals surface area contributed by atoms with Gasteiger partial charge in [0.15, 0.2) is 0 Å². The molecule has 4 heterocycles. The van der Waals surface area contributed by atoms with Gasteiger partial charge in [0.05, 0.1) is 30.8 Å². The minimum atomic E-state index is -0.867. The molecule has 1 amide bonds. The van der Waals surface area contributed by atoms with Gasteiger partial charge in [-0.3, -0.25) is 9.48 Å². The van der Waals surface area contributed by atoms with E-state index in [1.165, 1.54) is 5.56 Å². The standard InChI is InChI=1S/C30H39N5O5/c1-30(2,3)40-29(38)34-14-10-20(11-15-34)26(18-27(36)37)35-25-9-8-24(17-22(25)19-32-35)39-16-12-23-7-6-21-5-4-13-31-28(21)33-23/h6-9,17,19-20,26H,4-5,10-16,18H2,1-3H3,(H,31,33)(H,36,37). The Hall–Kier alpha value is -3.82. The van der Waals surface area contributed by atoms with Crippen LogP contribution in [-0.4, -0.2) is 68.7 Å². The largest absolute Gasteiger partial charge is 0.493 e. The number of carbonyl (C=O) groups excluding carboxylic acids is 1. The molecule has 0 saturated carbocycles. The van der Waals surface area contributed by atoms with E-state index in [4.69, 9.17) is 14.5 Å². The highest BCUT2D eigenvalue weighted by molar-refractivity contribution is 5.80. The number of aromatic nitrogens is 3. The van der Waals surface area contributed by atoms with Crippen LogP contribution in [0, 0.1) is 5.92 Å². The zero-order valence-corrected chi connectivity index (χ0v) is 23.6. The van der Waals surface area contributed by atoms with Crippen LogP contribution >= 0.6 is 0 Å². The third kappa shape index (κ3) is 6.66. The van der Waals surface area contributed by atoms with E-state index in [-0.39, 0.29) is 24.5 Å². The third-order valence-corrected chi connectivity index (χ3v) is 7.58. The summed E-state index contributed by atoms with van der Waals surface area (Å²) in [7, 11) is 0. The quantitative estimate of drug-likeness (QED) is 0.400. The van der Waals surface area contributed by atoms with Crippen molar-refractivity contribution in [2.75, 3.05) is 31.6 Å². The molecule has 214 valence electrons. The molecule has 1 fully saturated rings. The molecule has 1 unspecified atom stereocenters. The fraction of sp³-hybridized carbons (Fsp3) is 0.533. The molecule has 1 atom stereocenters. The highest BCUT2D eigenvalue weighted by Crippen LogP contribution is 2.34. The van der Waals surface area contributed by atoms with Gasteiger partial charge in [-0.2, -0.15) is 5.10 Å². The molecule has 10 nitrogen and oxygen atoms in total. The van der Waals surface area contributed by atoms with Crippen LogP contribution in [0.5, 0.6) is 5.75 Å². The van der Waals surface area contributed by atoms with Crippen molar-refractivity contribution in [1.82, 2.24) is 19.7 Å². The average molecular weight is 550 g/mol. The van der Waals surface area contributed by atoms with Gasteiger partial charge in [0.2, 0.25) is 0 Å². The number of carboxylic acid groups (broad SMARTS) is 1. The molecule has 0 aliphatic carbocycles. The van der Waals surface area contributed by atoms with Crippen molar-refractivity contribution in [1.29, 1.82) is 0 Å². The number of benzene rings is 1. The summed E-state index contributed by atoms with van der Waals surface area (Å²) in [6.45, 7) is 8.08. The van der Waals surface area contributed by atoms with Gasteiger partial charge in [0, 0.05) is 37.1 Å². The van der Waals surface area contributed by atoms with Crippen LogP contribution in [0.15, 0.2) is 36.5 Å². The first kappa shape index (κ1) is 27.7. The van der Waals surface area contributed by atoms with E-state index in [1.807, 2.05) is 43.7 Å². The number of carboxylic acids is 1. The third-order valence-electron chi connectivity index (χ3n) is 7.58. The Labute approximate surface area is 234 Å². The smallest absolute Gasteiger partial charge is 0.410 e. The lowest BCUT2D eigenvalue weighted by Gasteiger charge is -2.36. The number of aliphatic carboxylic acids is 1. The van der Waals surface area contributed by atoms with Gasteiger partial charge in [-0.05, 0) is 82.2 Å². The van der Waals surface area contributed by atoms with E-state index in [0.29, 0.717) is 39.0 Å². The lowest BCUT2D eigenvalue weighted by Crippen LogP contribution is -2.43. The number of pyridine rings is 1. The first-order valence-corrected chi connectivity index (χ1v) is 14.2. The number of piperidine rings is 1. The Kier molecular flexibility index (Phi) is 8.14. The first-order chi connectivity index (χ1) is 19.2. The number of rotatable bonds is 8. The number of likely N-dealkylation sites (tertiary alicyclic amines) is 1. The maximum absolute atomic E-state index is 12.5. The van der Waals surface area contributed by atoms with Crippen molar-refractivity contribution in [3.63, 3.8) is 0 Å². The molecule has 0 radical (unpaired) electrons. The van der Waals surface area contributed by atoms with E-state index in [9.17, 15) is 14.7 Å². The molecule has 0 bridgehead atoms. The van der Waals surface area contributed by atoms with E-state index >= 15 is 0 Å². The lowest BCUT2D eigenvalue weighted by molar-refractivity contribution is -0.138. The van der Waals surface area contributed by atoms with Crippen molar-refractivity contribution in [2.45, 2.75) is 70.9 Å². The van der Waals surface area contributed by atoms with Crippen molar-refractivity contribution in [3.8, 4) is 5.75 Å². The number of nitrogens with zero attached hydrogens (tertiary/aromatic N) is 4. The summed E-state index contributed by atoms with van der Waals surface area (Å²) >= 11 is 0. The molecule has 2 N–H and O–H groups in total. The summed E-state index contributed by atoms with van der Waals surface area (Å²) < 4.78 is 13.4. The summed E-state index contributed by atoms with van der Waals surface area (Å²) in [5, 5.41) is 18.6. The van der Waals surface area contributed by atoms with Crippen LogP contribution in [-0.2, 0) is 22.4 Å². The summed E-state index contributed by atoms with van der Waals surface area (Å²) in [6.07, 6.45) is 5.70. The number of anilines is 1. The summed E-state index contributed by atoms with van der Waals surface area (Å²) in [5.41, 5.74) is 2.59. The topological polar surface area (TPSA) is 119 Å². The fourth-order valence-corrected chi connectivity index (χ4v) is 5.59. The minimum absolute atomic E-state index is 0.0330. The van der Waals surface area contributed by atoms with Crippen molar-refractivity contribution >= 4 is 28.8 Å². The molecular weight excluding hydrogens is 510 g/mol. The highest BCUT2D eigenvalue weighted by Gasteiger charge is 2.33. The van der Waals surface area contributed by atoms with E-state index in [1.54, 1.807) is 11.1 Å². The second-order valence-corrected chi connectivity index (χ2v) is 11.7. The van der Waals surface area contributed by atoms with Crippen molar-refractivity contribution < 1.29 is 24.2 Å². The average Bonchev–Trinajstić information content (AvgIpc) is 3.34. The van der Waals surface area contributed by atoms with Crippen LogP contribution in [0.25, 0.3) is 10.9 Å². The van der Waals surface area contributed by atoms with Crippen LogP contribution in [0.4, 0.5) is 10.6 Å². The van der Waals surface area contributed by atoms with Crippen LogP contribution in [0.2, 0.25) is 0 Å². The molecule has 1 aromatic carbocycles. The molecule has 5 rings (SSSR count). The normalized spacial score (nSPS) is 16.7. The van der Waals surface area contributed by atoms with Crippen LogP contribution in [0.1, 0.15) is 63.8 Å². The molecular formula is C30H39N5O5. The van der Waals surface area contributed by atoms with Crippen molar-refractivity contribution in [2.24, 2.45) is 5.92 Å². The number of ether oxygens (including phenoxy) is 2. The molecule has 3 aromatic rings. The Balaban J connectivity index is 1.23. The zero-order chi connectivity index (χ0) is 28.3. The number of nitrogens with one attached hydrogen (secondary N) is 1. The predicted molar refractivity (Wildman–Crippen MR) is 152 cm³/mol. The number of aryl methyl sites for hydroxylation is 1. The van der Waals surface area contributed by atoms with Gasteiger partial charge in [-0.25, -0.2) is 9.78 Å². The second-order valence-electron chi connectivity index (χ2n) is 11.7.